The third-order valence-electron chi connectivity index (χ3n) is 6.55. The molecule has 1 atom stereocenters. The molecule has 4 heteroatoms. The number of carbonyl (C=O) groups excluding carboxylic acids is 1. The zero-order valence-electron chi connectivity index (χ0n) is 18.4. The molecule has 1 amide bonds. The molecule has 0 spiro atoms. The van der Waals surface area contributed by atoms with Gasteiger partial charge in [0.25, 0.3) is 5.91 Å². The average Bonchev–Trinajstić information content (AvgIpc) is 3.17. The van der Waals surface area contributed by atoms with Crippen LogP contribution in [-0.4, -0.2) is 43.1 Å². The molecule has 2 aliphatic rings. The molecule has 1 unspecified atom stereocenters. The maximum Gasteiger partial charge on any atom is 0.255 e. The van der Waals surface area contributed by atoms with Crippen LogP contribution in [0.4, 0.5) is 0 Å². The highest BCUT2D eigenvalue weighted by Gasteiger charge is 2.26. The third kappa shape index (κ3) is 4.54. The van der Waals surface area contributed by atoms with E-state index >= 15 is 0 Å². The lowest BCUT2D eigenvalue weighted by Gasteiger charge is -2.30. The first kappa shape index (κ1) is 20.9. The van der Waals surface area contributed by atoms with E-state index in [0.29, 0.717) is 24.8 Å². The second kappa shape index (κ2) is 9.65. The van der Waals surface area contributed by atoms with E-state index in [1.807, 2.05) is 6.07 Å². The molecule has 2 heterocycles. The number of benzene rings is 2. The molecule has 4 nitrogen and oxygen atoms in total. The van der Waals surface area contributed by atoms with Crippen molar-refractivity contribution >= 4 is 5.91 Å². The lowest BCUT2D eigenvalue weighted by Crippen LogP contribution is -2.45. The summed E-state index contributed by atoms with van der Waals surface area (Å²) in [6.07, 6.45) is 6.29. The molecule has 1 N–H and O–H groups in total. The minimum absolute atomic E-state index is 0.00331. The number of nitrogens with one attached hydrogen (secondary N) is 1. The molecule has 0 saturated heterocycles. The Morgan fingerprint density at radius 3 is 2.77 bits per heavy atom. The number of ether oxygens (including phenoxy) is 1. The Morgan fingerprint density at radius 1 is 1.13 bits per heavy atom. The highest BCUT2D eigenvalue weighted by atomic mass is 16.5. The number of fused-ring (bicyclic) bond motifs is 2. The summed E-state index contributed by atoms with van der Waals surface area (Å²) < 4.78 is 5.81. The van der Waals surface area contributed by atoms with E-state index < -0.39 is 0 Å². The topological polar surface area (TPSA) is 41.6 Å². The largest absolute Gasteiger partial charge is 0.492 e. The molecule has 30 heavy (non-hydrogen) atoms. The van der Waals surface area contributed by atoms with Gasteiger partial charge in [-0.15, -0.1) is 0 Å². The lowest BCUT2D eigenvalue weighted by atomic mass is 9.99. The summed E-state index contributed by atoms with van der Waals surface area (Å²) in [6, 6.07) is 13.3. The van der Waals surface area contributed by atoms with Gasteiger partial charge < -0.3 is 10.1 Å². The Balaban J connectivity index is 1.50. The molecule has 0 saturated carbocycles. The highest BCUT2D eigenvalue weighted by Crippen LogP contribution is 2.31. The van der Waals surface area contributed by atoms with Crippen molar-refractivity contribution in [1.82, 2.24) is 10.2 Å². The van der Waals surface area contributed by atoms with Crippen LogP contribution in [0.25, 0.3) is 0 Å². The van der Waals surface area contributed by atoms with Crippen molar-refractivity contribution in [2.24, 2.45) is 0 Å². The second-order valence-corrected chi connectivity index (χ2v) is 8.56. The van der Waals surface area contributed by atoms with Gasteiger partial charge in [0.2, 0.25) is 0 Å². The summed E-state index contributed by atoms with van der Waals surface area (Å²) in [5.74, 6) is 0.787. The first-order valence-corrected chi connectivity index (χ1v) is 11.6. The average molecular weight is 407 g/mol. The van der Waals surface area contributed by atoms with Gasteiger partial charge in [-0.3, -0.25) is 9.69 Å². The molecule has 2 aromatic carbocycles. The molecule has 0 aliphatic carbocycles. The summed E-state index contributed by atoms with van der Waals surface area (Å²) in [6.45, 7) is 7.86. The van der Waals surface area contributed by atoms with Crippen LogP contribution < -0.4 is 10.1 Å². The van der Waals surface area contributed by atoms with Crippen LogP contribution >= 0.6 is 0 Å². The molecule has 4 rings (SSSR count). The Hall–Kier alpha value is -2.33. The van der Waals surface area contributed by atoms with Crippen LogP contribution in [0.5, 0.6) is 5.75 Å². The standard InChI is InChI=1S/C26H34N2O2/c1-3-5-12-28-13-10-20-8-6-7-9-21(20)17-23(28)18-27-26(29)24-16-19(4-2)15-22-11-14-30-25(22)24/h6-9,15-16,23H,3-5,10-14,17-18H2,1-2H3,(H,27,29). The van der Waals surface area contributed by atoms with E-state index in [1.54, 1.807) is 0 Å². The van der Waals surface area contributed by atoms with Crippen LogP contribution in [0, 0.1) is 0 Å². The molecule has 0 fully saturated rings. The highest BCUT2D eigenvalue weighted by molar-refractivity contribution is 5.97. The van der Waals surface area contributed by atoms with Gasteiger partial charge in [0.05, 0.1) is 12.2 Å². The molecule has 0 radical (unpaired) electrons. The molecule has 160 valence electrons. The van der Waals surface area contributed by atoms with Gasteiger partial charge in [0, 0.05) is 25.6 Å². The van der Waals surface area contributed by atoms with Crippen LogP contribution in [0.2, 0.25) is 0 Å². The zero-order valence-corrected chi connectivity index (χ0v) is 18.4. The predicted molar refractivity (Wildman–Crippen MR) is 121 cm³/mol. The Labute approximate surface area is 180 Å². The predicted octanol–water partition coefficient (Wildman–Crippen LogP) is 4.18. The smallest absolute Gasteiger partial charge is 0.255 e. The van der Waals surface area contributed by atoms with Crippen LogP contribution in [0.15, 0.2) is 36.4 Å². The van der Waals surface area contributed by atoms with Crippen LogP contribution in [0.1, 0.15) is 59.3 Å². The minimum atomic E-state index is -0.00331. The zero-order chi connectivity index (χ0) is 20.9. The Bertz CT molecular complexity index is 893. The number of unbranched alkanes of at least 4 members (excludes halogenated alkanes) is 1. The number of rotatable bonds is 7. The quantitative estimate of drug-likeness (QED) is 0.750. The fourth-order valence-electron chi connectivity index (χ4n) is 4.74. The van der Waals surface area contributed by atoms with Crippen molar-refractivity contribution in [3.8, 4) is 5.75 Å². The summed E-state index contributed by atoms with van der Waals surface area (Å²) in [5, 5.41) is 3.25. The van der Waals surface area contributed by atoms with Gasteiger partial charge in [-0.25, -0.2) is 0 Å². The molecule has 2 aromatic rings. The number of hydrogen-bond acceptors (Lipinski definition) is 3. The normalized spacial score (nSPS) is 18.3. The number of amides is 1. The van der Waals surface area contributed by atoms with Crippen molar-refractivity contribution in [2.75, 3.05) is 26.2 Å². The maximum atomic E-state index is 13.2. The van der Waals surface area contributed by atoms with Crippen molar-refractivity contribution in [2.45, 2.75) is 58.4 Å². The number of carbonyl (C=O) groups is 1. The summed E-state index contributed by atoms with van der Waals surface area (Å²) in [7, 11) is 0. The summed E-state index contributed by atoms with van der Waals surface area (Å²) in [5.41, 5.74) is 5.96. The van der Waals surface area contributed by atoms with Gasteiger partial charge in [-0.1, -0.05) is 50.6 Å². The summed E-state index contributed by atoms with van der Waals surface area (Å²) in [4.78, 5) is 15.7. The van der Waals surface area contributed by atoms with Gasteiger partial charge in [-0.2, -0.15) is 0 Å². The van der Waals surface area contributed by atoms with E-state index in [1.165, 1.54) is 35.1 Å². The fraction of sp³-hybridized carbons (Fsp3) is 0.500. The maximum absolute atomic E-state index is 13.2. The van der Waals surface area contributed by atoms with Crippen LogP contribution in [-0.2, 0) is 25.7 Å². The van der Waals surface area contributed by atoms with Crippen molar-refractivity contribution in [3.05, 3.63) is 64.2 Å². The SMILES string of the molecule is CCCCN1CCc2ccccc2CC1CNC(=O)c1cc(CC)cc2c1OCC2. The number of aryl methyl sites for hydroxylation is 1. The van der Waals surface area contributed by atoms with Crippen molar-refractivity contribution in [1.29, 1.82) is 0 Å². The van der Waals surface area contributed by atoms with Gasteiger partial charge in [0.15, 0.2) is 0 Å². The Kier molecular flexibility index (Phi) is 6.73. The Morgan fingerprint density at radius 2 is 1.97 bits per heavy atom. The van der Waals surface area contributed by atoms with Gasteiger partial charge in [-0.05, 0) is 60.5 Å². The molecule has 2 aliphatic heterocycles. The first-order chi connectivity index (χ1) is 14.7. The molecular weight excluding hydrogens is 372 g/mol. The minimum Gasteiger partial charge on any atom is -0.492 e. The molecular formula is C26H34N2O2. The van der Waals surface area contributed by atoms with E-state index in [2.05, 4.69) is 54.4 Å². The third-order valence-corrected chi connectivity index (χ3v) is 6.55. The van der Waals surface area contributed by atoms with Gasteiger partial charge >= 0.3 is 0 Å². The van der Waals surface area contributed by atoms with E-state index in [0.717, 1.165) is 44.5 Å². The van der Waals surface area contributed by atoms with Crippen molar-refractivity contribution in [3.63, 3.8) is 0 Å². The summed E-state index contributed by atoms with van der Waals surface area (Å²) >= 11 is 0. The van der Waals surface area contributed by atoms with E-state index in [9.17, 15) is 4.79 Å². The monoisotopic (exact) mass is 406 g/mol. The van der Waals surface area contributed by atoms with Crippen molar-refractivity contribution < 1.29 is 9.53 Å². The fourth-order valence-corrected chi connectivity index (χ4v) is 4.74. The lowest BCUT2D eigenvalue weighted by molar-refractivity contribution is 0.0929. The van der Waals surface area contributed by atoms with Gasteiger partial charge in [0.1, 0.15) is 5.75 Å². The number of nitrogens with zero attached hydrogens (tertiary/aromatic N) is 1. The molecule has 0 aromatic heterocycles. The van der Waals surface area contributed by atoms with Crippen LogP contribution in [0.3, 0.4) is 0 Å². The molecule has 0 bridgehead atoms. The second-order valence-electron chi connectivity index (χ2n) is 8.56. The van der Waals surface area contributed by atoms with E-state index in [-0.39, 0.29) is 5.91 Å². The van der Waals surface area contributed by atoms with E-state index in [4.69, 9.17) is 4.74 Å². The number of hydrogen-bond donors (Lipinski definition) is 1. The first-order valence-electron chi connectivity index (χ1n) is 11.6.